The molecular weight excluding hydrogens is 1000 g/mol. The molecule has 13 rings (SSSR count). The van der Waals surface area contributed by atoms with Gasteiger partial charge in [0.25, 0.3) is 0 Å². The predicted molar refractivity (Wildman–Crippen MR) is 358 cm³/mol. The predicted octanol–water partition coefficient (Wildman–Crippen LogP) is 20.9. The number of unbranched alkanes of at least 4 members (excludes halogenated alkanes) is 4. The third-order valence-corrected chi connectivity index (χ3v) is 18.3. The molecule has 0 bridgehead atoms. The molecule has 0 radical (unpaired) electrons. The zero-order valence-corrected chi connectivity index (χ0v) is 49.7. The smallest absolute Gasteiger partial charge is 0.333 e. The van der Waals surface area contributed by atoms with Crippen LogP contribution in [0, 0.1) is 0 Å². The lowest BCUT2D eigenvalue weighted by atomic mass is 9.43. The first kappa shape index (κ1) is 53.9. The van der Waals surface area contributed by atoms with Crippen LogP contribution in [0.1, 0.15) is 126 Å². The topological polar surface area (TPSA) is 9.72 Å². The van der Waals surface area contributed by atoms with Gasteiger partial charge in [0, 0.05) is 56.4 Å². The van der Waals surface area contributed by atoms with Crippen LogP contribution >= 0.6 is 0 Å². The van der Waals surface area contributed by atoms with Crippen molar-refractivity contribution >= 4 is 63.3 Å². The Hall–Kier alpha value is -8.34. The summed E-state index contributed by atoms with van der Waals surface area (Å²) in [5.74, 6) is 0. The van der Waals surface area contributed by atoms with E-state index in [9.17, 15) is 0 Å². The normalized spacial score (nSPS) is 13.3. The van der Waals surface area contributed by atoms with Crippen molar-refractivity contribution in [3.05, 3.63) is 252 Å². The Bertz CT molecular complexity index is 3880. The van der Waals surface area contributed by atoms with Crippen LogP contribution in [0.5, 0.6) is 0 Å². The first-order chi connectivity index (χ1) is 40.8. The molecule has 0 saturated heterocycles. The molecule has 3 aliphatic rings. The second-order valence-corrected chi connectivity index (χ2v) is 24.2. The summed E-state index contributed by atoms with van der Waals surface area (Å²) in [6.45, 7) is 13.9. The van der Waals surface area contributed by atoms with E-state index < -0.39 is 0 Å². The highest BCUT2D eigenvalue weighted by atomic mass is 15.2. The van der Waals surface area contributed by atoms with Gasteiger partial charge in [-0.2, -0.15) is 0 Å². The van der Waals surface area contributed by atoms with Crippen molar-refractivity contribution in [2.45, 2.75) is 124 Å². The lowest BCUT2D eigenvalue weighted by Gasteiger charge is -2.48. The molecule has 3 nitrogen and oxygen atoms in total. The number of rotatable bonds is 19. The molecule has 0 saturated carbocycles. The van der Waals surface area contributed by atoms with E-state index in [-0.39, 0.29) is 12.3 Å². The fraction of sp³-hybridized carbons (Fsp3) is 0.241. The first-order valence-electron chi connectivity index (χ1n) is 31.3. The molecule has 0 spiro atoms. The Balaban J connectivity index is 1.13. The quantitative estimate of drug-likeness (QED) is 0.0747. The summed E-state index contributed by atoms with van der Waals surface area (Å²) in [5, 5.41) is 0. The zero-order valence-electron chi connectivity index (χ0n) is 49.7. The molecule has 10 aromatic rings. The third kappa shape index (κ3) is 9.88. The van der Waals surface area contributed by atoms with E-state index >= 15 is 0 Å². The van der Waals surface area contributed by atoms with Crippen molar-refractivity contribution in [1.29, 1.82) is 0 Å². The molecule has 0 fully saturated rings. The maximum atomic E-state index is 2.74. The van der Waals surface area contributed by atoms with Gasteiger partial charge in [0.05, 0.1) is 5.69 Å². The SMILES string of the molecule is CCCCc1ccc(N2B3c4ccc5c(c4N(c4ccc(CCCC)cc4-c4ccccc4)c4cc(-c6ccccc6)cc(c43)-c3ccc(N(c4ccc(CCCC)cc4)c4ccc(CCCC)cc4)cc32)C(C)(C)c2ccccc2-5)cc1. The second-order valence-electron chi connectivity index (χ2n) is 24.2. The highest BCUT2D eigenvalue weighted by molar-refractivity contribution is 6.93. The Morgan fingerprint density at radius 2 is 0.916 bits per heavy atom. The summed E-state index contributed by atoms with van der Waals surface area (Å²) in [5.41, 5.74) is 30.2. The summed E-state index contributed by atoms with van der Waals surface area (Å²) in [6, 6.07) is 84.8. The summed E-state index contributed by atoms with van der Waals surface area (Å²) in [7, 11) is 0. The monoisotopic (exact) mass is 1080 g/mol. The van der Waals surface area contributed by atoms with E-state index in [0.29, 0.717) is 0 Å². The van der Waals surface area contributed by atoms with Crippen molar-refractivity contribution in [2.24, 2.45) is 0 Å². The molecule has 0 amide bonds. The highest BCUT2D eigenvalue weighted by Gasteiger charge is 2.50. The van der Waals surface area contributed by atoms with Gasteiger partial charge in [-0.15, -0.1) is 0 Å². The van der Waals surface area contributed by atoms with Crippen molar-refractivity contribution in [1.82, 2.24) is 0 Å². The van der Waals surface area contributed by atoms with Gasteiger partial charge >= 0.3 is 6.85 Å². The van der Waals surface area contributed by atoms with Crippen LogP contribution < -0.4 is 25.5 Å². The molecule has 0 unspecified atom stereocenters. The molecule has 2 heterocycles. The Morgan fingerprint density at radius 3 is 1.53 bits per heavy atom. The fourth-order valence-electron chi connectivity index (χ4n) is 14.0. The summed E-state index contributed by atoms with van der Waals surface area (Å²) in [6.07, 6.45) is 13.7. The molecular formula is C79H78BN3. The van der Waals surface area contributed by atoms with Crippen LogP contribution in [0.2, 0.25) is 0 Å². The number of benzene rings is 10. The number of nitrogens with zero attached hydrogens (tertiary/aromatic N) is 3. The van der Waals surface area contributed by atoms with Crippen LogP contribution in [-0.4, -0.2) is 6.85 Å². The standard InChI is InChI=1S/C79H78BN3/c1-7-11-23-55-33-40-62(41-34-55)81(63-42-35-56(36-43-63)24-12-8-2)65-46-47-67-70-52-61(59-27-17-15-18-28-59)53-75-77(70)80(83(74(67)54-65)64-44-37-57(38-45-64)25-13-9-3)72-49-48-68-66-31-21-22-32-71(66)79(5,6)76(68)78(72)82(75)73-50-39-58(26-14-10-4)51-69(73)60-29-19-16-20-30-60/h15-22,27-54H,7-14,23-26H2,1-6H3. The second kappa shape index (κ2) is 23.1. The van der Waals surface area contributed by atoms with E-state index in [4.69, 9.17) is 0 Å². The van der Waals surface area contributed by atoms with Crippen LogP contribution in [0.3, 0.4) is 0 Å². The molecule has 10 aromatic carbocycles. The lowest BCUT2D eigenvalue weighted by molar-refractivity contribution is 0.661. The maximum Gasteiger partial charge on any atom is 0.333 e. The lowest BCUT2D eigenvalue weighted by Crippen LogP contribution is -2.62. The Kier molecular flexibility index (Phi) is 15.0. The minimum atomic E-state index is -0.314. The minimum absolute atomic E-state index is 0.182. The molecule has 4 heteroatoms. The average Bonchev–Trinajstić information content (AvgIpc) is 2.61. The van der Waals surface area contributed by atoms with Crippen molar-refractivity contribution < 1.29 is 0 Å². The van der Waals surface area contributed by atoms with Crippen molar-refractivity contribution in [3.63, 3.8) is 0 Å². The molecule has 412 valence electrons. The zero-order chi connectivity index (χ0) is 56.6. The third-order valence-electron chi connectivity index (χ3n) is 18.3. The molecule has 0 atom stereocenters. The summed E-state index contributed by atoms with van der Waals surface area (Å²) >= 11 is 0. The Labute approximate surface area is 495 Å². The van der Waals surface area contributed by atoms with Gasteiger partial charge in [-0.25, -0.2) is 0 Å². The van der Waals surface area contributed by atoms with Gasteiger partial charge in [-0.3, -0.25) is 0 Å². The van der Waals surface area contributed by atoms with Gasteiger partial charge in [0.2, 0.25) is 0 Å². The molecule has 2 aliphatic heterocycles. The van der Waals surface area contributed by atoms with Crippen LogP contribution in [-0.2, 0) is 31.1 Å². The van der Waals surface area contributed by atoms with Gasteiger partial charge < -0.3 is 14.6 Å². The van der Waals surface area contributed by atoms with Crippen LogP contribution in [0.4, 0.5) is 45.5 Å². The molecule has 83 heavy (non-hydrogen) atoms. The van der Waals surface area contributed by atoms with Gasteiger partial charge in [-0.05, 0) is 202 Å². The fourth-order valence-corrected chi connectivity index (χ4v) is 14.0. The summed E-state index contributed by atoms with van der Waals surface area (Å²) in [4.78, 5) is 7.97. The minimum Gasteiger partial charge on any atom is -0.376 e. The van der Waals surface area contributed by atoms with E-state index in [2.05, 4.69) is 275 Å². The molecule has 0 N–H and O–H groups in total. The number of hydrogen-bond donors (Lipinski definition) is 0. The number of anilines is 8. The molecule has 0 aromatic heterocycles. The highest BCUT2D eigenvalue weighted by Crippen LogP contribution is 2.58. The van der Waals surface area contributed by atoms with Crippen LogP contribution in [0.15, 0.2) is 218 Å². The van der Waals surface area contributed by atoms with E-state index in [1.165, 1.54) is 156 Å². The van der Waals surface area contributed by atoms with Crippen LogP contribution in [0.25, 0.3) is 44.5 Å². The number of fused-ring (bicyclic) bond motifs is 8. The first-order valence-corrected chi connectivity index (χ1v) is 31.3. The molecule has 1 aliphatic carbocycles. The van der Waals surface area contributed by atoms with Gasteiger partial charge in [0.15, 0.2) is 0 Å². The van der Waals surface area contributed by atoms with Crippen molar-refractivity contribution in [2.75, 3.05) is 14.6 Å². The van der Waals surface area contributed by atoms with Gasteiger partial charge in [0.1, 0.15) is 0 Å². The number of hydrogen-bond acceptors (Lipinski definition) is 3. The van der Waals surface area contributed by atoms with Gasteiger partial charge in [-0.1, -0.05) is 213 Å². The van der Waals surface area contributed by atoms with Crippen molar-refractivity contribution in [3.8, 4) is 44.5 Å². The van der Waals surface area contributed by atoms with E-state index in [1.54, 1.807) is 0 Å². The van der Waals surface area contributed by atoms with E-state index in [1.807, 2.05) is 0 Å². The maximum absolute atomic E-state index is 2.74. The van der Waals surface area contributed by atoms with E-state index in [0.717, 1.165) is 55.6 Å². The Morgan fingerprint density at radius 1 is 0.386 bits per heavy atom. The average molecular weight is 1080 g/mol. The largest absolute Gasteiger partial charge is 0.376 e. The summed E-state index contributed by atoms with van der Waals surface area (Å²) < 4.78 is 0. The number of aryl methyl sites for hydroxylation is 4.